The quantitative estimate of drug-likeness (QED) is 0.641. The molecule has 0 atom stereocenters. The summed E-state index contributed by atoms with van der Waals surface area (Å²) in [5, 5.41) is 7.17. The number of nitrogens with zero attached hydrogens (tertiary/aromatic N) is 3. The van der Waals surface area contributed by atoms with E-state index in [-0.39, 0.29) is 30.6 Å². The first-order valence-corrected chi connectivity index (χ1v) is 9.92. The lowest BCUT2D eigenvalue weighted by Gasteiger charge is -2.14. The minimum Gasteiger partial charge on any atom is -0.307 e. The molecule has 30 heavy (non-hydrogen) atoms. The van der Waals surface area contributed by atoms with Crippen molar-refractivity contribution in [1.82, 2.24) is 9.78 Å². The molecule has 3 aromatic rings. The average Bonchev–Trinajstić information content (AvgIpc) is 3.34. The van der Waals surface area contributed by atoms with Crippen molar-refractivity contribution < 1.29 is 14.4 Å². The van der Waals surface area contributed by atoms with Crippen LogP contribution in [-0.2, 0) is 22.6 Å². The Morgan fingerprint density at radius 1 is 0.933 bits per heavy atom. The molecule has 0 aliphatic carbocycles. The predicted molar refractivity (Wildman–Crippen MR) is 113 cm³/mol. The Balaban J connectivity index is 1.45. The Hall–Kier alpha value is -3.74. The molecule has 152 valence electrons. The third-order valence-corrected chi connectivity index (χ3v) is 5.16. The molecule has 1 aliphatic heterocycles. The van der Waals surface area contributed by atoms with E-state index in [2.05, 4.69) is 41.6 Å². The lowest BCUT2D eigenvalue weighted by molar-refractivity contribution is -0.121. The minimum atomic E-state index is -0.288. The molecule has 0 bridgehead atoms. The Kier molecular flexibility index (Phi) is 5.43. The number of rotatable bonds is 6. The van der Waals surface area contributed by atoms with Gasteiger partial charge in [-0.05, 0) is 41.8 Å². The number of carbonyl (C=O) groups is 3. The lowest BCUT2D eigenvalue weighted by atomic mass is 10.1. The number of benzene rings is 2. The van der Waals surface area contributed by atoms with Gasteiger partial charge in [-0.3, -0.25) is 19.3 Å². The molecule has 0 saturated carbocycles. The van der Waals surface area contributed by atoms with Crippen molar-refractivity contribution in [2.24, 2.45) is 0 Å². The molecule has 0 unspecified atom stereocenters. The lowest BCUT2D eigenvalue weighted by Crippen LogP contribution is -2.28. The van der Waals surface area contributed by atoms with Crippen molar-refractivity contribution in [3.8, 4) is 0 Å². The minimum absolute atomic E-state index is 0.215. The van der Waals surface area contributed by atoms with Crippen LogP contribution in [0.3, 0.4) is 0 Å². The zero-order valence-electron chi connectivity index (χ0n) is 16.7. The van der Waals surface area contributed by atoms with E-state index in [9.17, 15) is 14.4 Å². The van der Waals surface area contributed by atoms with Gasteiger partial charge in [0.25, 0.3) is 5.91 Å². The van der Waals surface area contributed by atoms with Gasteiger partial charge >= 0.3 is 0 Å². The van der Waals surface area contributed by atoms with Crippen LogP contribution < -0.4 is 10.2 Å². The summed E-state index contributed by atoms with van der Waals surface area (Å²) in [7, 11) is 0. The number of hydrogen-bond donors (Lipinski definition) is 1. The van der Waals surface area contributed by atoms with Crippen LogP contribution in [0.5, 0.6) is 0 Å². The van der Waals surface area contributed by atoms with E-state index in [1.54, 1.807) is 41.2 Å². The summed E-state index contributed by atoms with van der Waals surface area (Å²) < 4.78 is 1.73. The first-order chi connectivity index (χ1) is 14.5. The second-order valence-corrected chi connectivity index (χ2v) is 7.17. The summed E-state index contributed by atoms with van der Waals surface area (Å²) in [5.41, 5.74) is 3.28. The number of carbonyl (C=O) groups excluding carboxylic acids is 3. The highest BCUT2D eigenvalue weighted by atomic mass is 16.2. The summed E-state index contributed by atoms with van der Waals surface area (Å²) in [4.78, 5) is 37.5. The number of hydrogen-bond acceptors (Lipinski definition) is 4. The molecule has 2 heterocycles. The predicted octanol–water partition coefficient (Wildman–Crippen LogP) is 3.40. The Morgan fingerprint density at radius 2 is 1.57 bits per heavy atom. The molecule has 7 nitrogen and oxygen atoms in total. The monoisotopic (exact) mass is 402 g/mol. The summed E-state index contributed by atoms with van der Waals surface area (Å²) in [6.45, 7) is 2.66. The van der Waals surface area contributed by atoms with Crippen molar-refractivity contribution in [1.29, 1.82) is 0 Å². The zero-order chi connectivity index (χ0) is 21.1. The third-order valence-electron chi connectivity index (χ3n) is 5.16. The number of aromatic nitrogens is 2. The number of amides is 3. The number of anilines is 2. The van der Waals surface area contributed by atoms with Crippen LogP contribution in [0.1, 0.15) is 41.3 Å². The van der Waals surface area contributed by atoms with Crippen LogP contribution >= 0.6 is 0 Å². The van der Waals surface area contributed by atoms with Crippen LogP contribution in [0.2, 0.25) is 0 Å². The number of nitrogens with one attached hydrogen (secondary N) is 1. The largest absolute Gasteiger partial charge is 0.307 e. The molecule has 0 spiro atoms. The molecule has 1 aromatic heterocycles. The van der Waals surface area contributed by atoms with Gasteiger partial charge in [-0.1, -0.05) is 31.2 Å². The van der Waals surface area contributed by atoms with Crippen LogP contribution in [0.25, 0.3) is 0 Å². The molecule has 7 heteroatoms. The van der Waals surface area contributed by atoms with Crippen LogP contribution in [-0.4, -0.2) is 27.5 Å². The third kappa shape index (κ3) is 4.00. The van der Waals surface area contributed by atoms with Gasteiger partial charge in [-0.15, -0.1) is 0 Å². The molecule has 1 N–H and O–H groups in total. The first kappa shape index (κ1) is 19.6. The highest BCUT2D eigenvalue weighted by molar-refractivity contribution is 6.20. The van der Waals surface area contributed by atoms with E-state index < -0.39 is 0 Å². The van der Waals surface area contributed by atoms with Crippen molar-refractivity contribution in [2.45, 2.75) is 32.7 Å². The Labute approximate surface area is 174 Å². The van der Waals surface area contributed by atoms with Crippen molar-refractivity contribution in [3.63, 3.8) is 0 Å². The van der Waals surface area contributed by atoms with Crippen molar-refractivity contribution in [3.05, 3.63) is 77.5 Å². The molecular weight excluding hydrogens is 380 g/mol. The fourth-order valence-corrected chi connectivity index (χ4v) is 3.43. The average molecular weight is 402 g/mol. The van der Waals surface area contributed by atoms with Crippen LogP contribution in [0.4, 0.5) is 11.5 Å². The first-order valence-electron chi connectivity index (χ1n) is 9.92. The molecule has 4 rings (SSSR count). The van der Waals surface area contributed by atoms with Crippen molar-refractivity contribution in [2.75, 3.05) is 10.2 Å². The Morgan fingerprint density at radius 3 is 2.20 bits per heavy atom. The van der Waals surface area contributed by atoms with Crippen molar-refractivity contribution >= 4 is 29.2 Å². The molecular formula is C23H22N4O3. The van der Waals surface area contributed by atoms with E-state index in [1.165, 1.54) is 10.5 Å². The topological polar surface area (TPSA) is 84.3 Å². The maximum Gasteiger partial charge on any atom is 0.256 e. The fourth-order valence-electron chi connectivity index (χ4n) is 3.43. The maximum atomic E-state index is 12.7. The summed E-state index contributed by atoms with van der Waals surface area (Å²) in [6.07, 6.45) is 3.09. The summed E-state index contributed by atoms with van der Waals surface area (Å²) in [5.74, 6) is -0.126. The van der Waals surface area contributed by atoms with Gasteiger partial charge in [0.05, 0.1) is 18.4 Å². The van der Waals surface area contributed by atoms with Gasteiger partial charge in [0.15, 0.2) is 0 Å². The molecule has 1 aliphatic rings. The fraction of sp³-hybridized carbons (Fsp3) is 0.217. The zero-order valence-corrected chi connectivity index (χ0v) is 16.7. The van der Waals surface area contributed by atoms with Crippen LogP contribution in [0, 0.1) is 0 Å². The van der Waals surface area contributed by atoms with Crippen LogP contribution in [0.15, 0.2) is 60.8 Å². The molecule has 1 fully saturated rings. The summed E-state index contributed by atoms with van der Waals surface area (Å²) in [6, 6.07) is 16.5. The van der Waals surface area contributed by atoms with E-state index in [0.29, 0.717) is 23.6 Å². The molecule has 2 aromatic carbocycles. The highest BCUT2D eigenvalue weighted by Gasteiger charge is 2.30. The van der Waals surface area contributed by atoms with Gasteiger partial charge in [-0.2, -0.15) is 5.10 Å². The number of imide groups is 1. The summed E-state index contributed by atoms with van der Waals surface area (Å²) >= 11 is 0. The molecule has 1 saturated heterocycles. The smallest absolute Gasteiger partial charge is 0.256 e. The standard InChI is InChI=1S/C23H22N4O3/c1-2-16-3-5-17(6-4-16)15-26-20(13-14-24-26)25-23(30)18-7-9-19(10-8-18)27-21(28)11-12-22(27)29/h3-10,13-14H,2,11-12,15H2,1H3,(H,25,30). The normalized spacial score (nSPS) is 13.7. The second-order valence-electron chi connectivity index (χ2n) is 7.17. The number of aryl methyl sites for hydroxylation is 1. The van der Waals surface area contributed by atoms with Gasteiger partial charge in [-0.25, -0.2) is 4.68 Å². The van der Waals surface area contributed by atoms with Gasteiger partial charge in [0.1, 0.15) is 5.82 Å². The van der Waals surface area contributed by atoms with E-state index in [0.717, 1.165) is 12.0 Å². The SMILES string of the molecule is CCc1ccc(Cn2nccc2NC(=O)c2ccc(N3C(=O)CCC3=O)cc2)cc1. The highest BCUT2D eigenvalue weighted by Crippen LogP contribution is 2.23. The maximum absolute atomic E-state index is 12.7. The second kappa shape index (κ2) is 8.32. The Bertz CT molecular complexity index is 1070. The van der Waals surface area contributed by atoms with Gasteiger partial charge in [0.2, 0.25) is 11.8 Å². The van der Waals surface area contributed by atoms with Gasteiger partial charge < -0.3 is 5.32 Å². The van der Waals surface area contributed by atoms with Gasteiger partial charge in [0, 0.05) is 24.5 Å². The molecule has 0 radical (unpaired) electrons. The van der Waals surface area contributed by atoms with E-state index >= 15 is 0 Å². The van der Waals surface area contributed by atoms with E-state index in [4.69, 9.17) is 0 Å². The molecule has 3 amide bonds. The van der Waals surface area contributed by atoms with E-state index in [1.807, 2.05) is 0 Å².